The second-order valence-electron chi connectivity index (χ2n) is 6.81. The highest BCUT2D eigenvalue weighted by Gasteiger charge is 2.31. The maximum Gasteiger partial charge on any atom is 0.573 e. The van der Waals surface area contributed by atoms with Crippen LogP contribution in [0.2, 0.25) is 0 Å². The third kappa shape index (κ3) is 5.42. The SMILES string of the molecule is CCOC(=O)c1c(NC(=S)Nc2ccc(OC(F)(F)F)cc2)sc2c1C(C)CCC2. The van der Waals surface area contributed by atoms with Crippen LogP contribution in [0.3, 0.4) is 0 Å². The number of esters is 1. The third-order valence-corrected chi connectivity index (χ3v) is 5.99. The number of hydrogen-bond donors (Lipinski definition) is 2. The number of halogens is 3. The number of alkyl halides is 3. The molecule has 0 spiro atoms. The van der Waals surface area contributed by atoms with E-state index in [9.17, 15) is 18.0 Å². The lowest BCUT2D eigenvalue weighted by Gasteiger charge is -2.19. The first kappa shape index (κ1) is 22.4. The van der Waals surface area contributed by atoms with Crippen LogP contribution in [-0.2, 0) is 11.2 Å². The van der Waals surface area contributed by atoms with Crippen LogP contribution in [0, 0.1) is 0 Å². The molecule has 1 aliphatic rings. The highest BCUT2D eigenvalue weighted by atomic mass is 32.1. The summed E-state index contributed by atoms with van der Waals surface area (Å²) in [6.07, 6.45) is -1.78. The van der Waals surface area contributed by atoms with Gasteiger partial charge in [-0.1, -0.05) is 6.92 Å². The second kappa shape index (κ2) is 9.22. The number of aryl methyl sites for hydroxylation is 1. The van der Waals surface area contributed by atoms with Gasteiger partial charge < -0.3 is 20.1 Å². The number of carbonyl (C=O) groups excluding carboxylic acids is 1. The van der Waals surface area contributed by atoms with Crippen LogP contribution in [0.15, 0.2) is 24.3 Å². The first-order valence-electron chi connectivity index (χ1n) is 9.44. The molecule has 0 radical (unpaired) electrons. The van der Waals surface area contributed by atoms with Crippen molar-refractivity contribution in [2.24, 2.45) is 0 Å². The number of nitrogens with one attached hydrogen (secondary N) is 2. The van der Waals surface area contributed by atoms with Crippen LogP contribution >= 0.6 is 23.6 Å². The molecule has 162 valence electrons. The van der Waals surface area contributed by atoms with Crippen LogP contribution < -0.4 is 15.4 Å². The summed E-state index contributed by atoms with van der Waals surface area (Å²) in [6.45, 7) is 4.12. The van der Waals surface area contributed by atoms with E-state index in [2.05, 4.69) is 22.3 Å². The molecule has 0 saturated carbocycles. The minimum atomic E-state index is -4.75. The number of thiocarbonyl (C=S) groups is 1. The lowest BCUT2D eigenvalue weighted by molar-refractivity contribution is -0.274. The lowest BCUT2D eigenvalue weighted by Crippen LogP contribution is -2.21. The van der Waals surface area contributed by atoms with E-state index in [1.54, 1.807) is 6.92 Å². The number of hydrogen-bond acceptors (Lipinski definition) is 5. The van der Waals surface area contributed by atoms with Gasteiger partial charge >= 0.3 is 12.3 Å². The van der Waals surface area contributed by atoms with Gasteiger partial charge in [-0.05, 0) is 74.2 Å². The van der Waals surface area contributed by atoms with Crippen molar-refractivity contribution in [2.75, 3.05) is 17.2 Å². The zero-order valence-corrected chi connectivity index (χ0v) is 18.0. The van der Waals surface area contributed by atoms with E-state index in [4.69, 9.17) is 17.0 Å². The monoisotopic (exact) mass is 458 g/mol. The van der Waals surface area contributed by atoms with Crippen molar-refractivity contribution >= 4 is 45.3 Å². The molecule has 1 unspecified atom stereocenters. The largest absolute Gasteiger partial charge is 0.573 e. The Hall–Kier alpha value is -2.33. The molecule has 2 N–H and O–H groups in total. The summed E-state index contributed by atoms with van der Waals surface area (Å²) in [7, 11) is 0. The molecule has 5 nitrogen and oxygen atoms in total. The minimum absolute atomic E-state index is 0.219. The highest BCUT2D eigenvalue weighted by Crippen LogP contribution is 2.43. The summed E-state index contributed by atoms with van der Waals surface area (Å²) in [5.74, 6) is -0.457. The molecule has 0 fully saturated rings. The third-order valence-electron chi connectivity index (χ3n) is 4.61. The molecule has 30 heavy (non-hydrogen) atoms. The van der Waals surface area contributed by atoms with E-state index in [1.165, 1.54) is 35.6 Å². The van der Waals surface area contributed by atoms with Gasteiger partial charge in [-0.3, -0.25) is 0 Å². The Morgan fingerprint density at radius 1 is 1.27 bits per heavy atom. The molecule has 0 amide bonds. The maximum absolute atomic E-state index is 12.6. The van der Waals surface area contributed by atoms with Crippen molar-refractivity contribution in [2.45, 2.75) is 45.4 Å². The molecule has 1 aromatic carbocycles. The van der Waals surface area contributed by atoms with Crippen molar-refractivity contribution in [1.82, 2.24) is 0 Å². The number of fused-ring (bicyclic) bond motifs is 1. The van der Waals surface area contributed by atoms with Crippen LogP contribution in [0.25, 0.3) is 0 Å². The Kier molecular flexibility index (Phi) is 6.87. The fraction of sp³-hybridized carbons (Fsp3) is 0.400. The van der Waals surface area contributed by atoms with Crippen LogP contribution in [0.1, 0.15) is 53.4 Å². The van der Waals surface area contributed by atoms with E-state index in [0.29, 0.717) is 16.3 Å². The van der Waals surface area contributed by atoms with Gasteiger partial charge in [-0.2, -0.15) is 0 Å². The summed E-state index contributed by atoms with van der Waals surface area (Å²) in [5.41, 5.74) is 2.01. The smallest absolute Gasteiger partial charge is 0.462 e. The van der Waals surface area contributed by atoms with Crippen LogP contribution in [-0.4, -0.2) is 24.1 Å². The molecule has 2 aromatic rings. The fourth-order valence-electron chi connectivity index (χ4n) is 3.41. The first-order valence-corrected chi connectivity index (χ1v) is 10.7. The van der Waals surface area contributed by atoms with Crippen molar-refractivity contribution in [1.29, 1.82) is 0 Å². The van der Waals surface area contributed by atoms with Crippen LogP contribution in [0.4, 0.5) is 23.9 Å². The number of benzene rings is 1. The molecule has 1 aliphatic carbocycles. The Morgan fingerprint density at radius 3 is 2.60 bits per heavy atom. The Balaban J connectivity index is 1.76. The second-order valence-corrected chi connectivity index (χ2v) is 8.32. The van der Waals surface area contributed by atoms with E-state index in [1.807, 2.05) is 0 Å². The predicted molar refractivity (Wildman–Crippen MR) is 115 cm³/mol. The molecule has 1 atom stereocenters. The average Bonchev–Trinajstić information content (AvgIpc) is 3.01. The molecule has 10 heteroatoms. The average molecular weight is 459 g/mol. The number of ether oxygens (including phenoxy) is 2. The standard InChI is InChI=1S/C20H21F3N2O3S2/c1-3-27-18(26)16-15-11(2)5-4-6-14(15)30-17(16)25-19(29)24-12-7-9-13(10-8-12)28-20(21,22)23/h7-11H,3-6H2,1-2H3,(H2,24,25,29). The quantitative estimate of drug-likeness (QED) is 0.419. The van der Waals surface area contributed by atoms with Crippen molar-refractivity contribution in [3.8, 4) is 5.75 Å². The Morgan fingerprint density at radius 2 is 1.97 bits per heavy atom. The molecular weight excluding hydrogens is 437 g/mol. The molecular formula is C20H21F3N2O3S2. The van der Waals surface area contributed by atoms with Gasteiger partial charge in [-0.15, -0.1) is 24.5 Å². The van der Waals surface area contributed by atoms with Gasteiger partial charge in [0.1, 0.15) is 10.8 Å². The van der Waals surface area contributed by atoms with E-state index < -0.39 is 6.36 Å². The molecule has 1 aromatic heterocycles. The van der Waals surface area contributed by atoms with Crippen molar-refractivity contribution in [3.05, 3.63) is 40.3 Å². The summed E-state index contributed by atoms with van der Waals surface area (Å²) in [6, 6.07) is 5.22. The highest BCUT2D eigenvalue weighted by molar-refractivity contribution is 7.80. The van der Waals surface area contributed by atoms with E-state index in [-0.39, 0.29) is 29.4 Å². The maximum atomic E-state index is 12.6. The van der Waals surface area contributed by atoms with Gasteiger partial charge in [0.2, 0.25) is 0 Å². The number of carbonyl (C=O) groups is 1. The van der Waals surface area contributed by atoms with E-state index >= 15 is 0 Å². The zero-order chi connectivity index (χ0) is 21.9. The normalized spacial score (nSPS) is 15.8. The molecule has 0 saturated heterocycles. The van der Waals surface area contributed by atoms with Crippen molar-refractivity contribution < 1.29 is 27.4 Å². The summed E-state index contributed by atoms with van der Waals surface area (Å²) in [4.78, 5) is 13.8. The summed E-state index contributed by atoms with van der Waals surface area (Å²) >= 11 is 6.82. The molecule has 1 heterocycles. The Labute approximate surface area is 181 Å². The van der Waals surface area contributed by atoms with Gasteiger partial charge in [-0.25, -0.2) is 4.79 Å². The van der Waals surface area contributed by atoms with Gasteiger partial charge in [0.25, 0.3) is 0 Å². The topological polar surface area (TPSA) is 59.6 Å². The molecule has 3 rings (SSSR count). The van der Waals surface area contributed by atoms with Crippen molar-refractivity contribution in [3.63, 3.8) is 0 Å². The zero-order valence-electron chi connectivity index (χ0n) is 16.4. The summed E-state index contributed by atoms with van der Waals surface area (Å²) < 4.78 is 45.9. The Bertz CT molecular complexity index is 927. The number of thiophene rings is 1. The summed E-state index contributed by atoms with van der Waals surface area (Å²) in [5, 5.41) is 6.80. The van der Waals surface area contributed by atoms with Crippen LogP contribution in [0.5, 0.6) is 5.75 Å². The first-order chi connectivity index (χ1) is 14.2. The van der Waals surface area contributed by atoms with Gasteiger partial charge in [0, 0.05) is 10.6 Å². The van der Waals surface area contributed by atoms with Gasteiger partial charge in [0.05, 0.1) is 12.2 Å². The molecule has 0 aliphatic heterocycles. The van der Waals surface area contributed by atoms with E-state index in [0.717, 1.165) is 29.7 Å². The van der Waals surface area contributed by atoms with Gasteiger partial charge in [0.15, 0.2) is 5.11 Å². The molecule has 0 bridgehead atoms. The fourth-order valence-corrected chi connectivity index (χ4v) is 5.05. The number of rotatable bonds is 5. The minimum Gasteiger partial charge on any atom is -0.462 e. The predicted octanol–water partition coefficient (Wildman–Crippen LogP) is 6.07. The number of anilines is 2. The lowest BCUT2D eigenvalue weighted by atomic mass is 9.86.